The number of benzene rings is 1. The first-order valence-electron chi connectivity index (χ1n) is 4.61. The standard InChI is InChI=1S/C11H16ClNO/c1-8-4-5-9(6-10(8)12)13-7-11(2,3)14/h4-6,13-14H,7H2,1-3H3. The van der Waals surface area contributed by atoms with Gasteiger partial charge >= 0.3 is 0 Å². The monoisotopic (exact) mass is 213 g/mol. The summed E-state index contributed by atoms with van der Waals surface area (Å²) in [4.78, 5) is 0. The molecule has 0 aliphatic rings. The Kier molecular flexibility index (Phi) is 3.40. The molecule has 0 spiro atoms. The first-order valence-corrected chi connectivity index (χ1v) is 4.99. The van der Waals surface area contributed by atoms with Gasteiger partial charge in [0.2, 0.25) is 0 Å². The summed E-state index contributed by atoms with van der Waals surface area (Å²) in [5, 5.41) is 13.4. The van der Waals surface area contributed by atoms with Crippen LogP contribution >= 0.6 is 11.6 Å². The molecule has 1 aromatic carbocycles. The normalized spacial score (nSPS) is 11.5. The van der Waals surface area contributed by atoms with Crippen molar-refractivity contribution in [3.8, 4) is 0 Å². The number of nitrogens with one attached hydrogen (secondary N) is 1. The largest absolute Gasteiger partial charge is 0.389 e. The van der Waals surface area contributed by atoms with E-state index in [1.807, 2.05) is 25.1 Å². The zero-order valence-corrected chi connectivity index (χ0v) is 9.52. The lowest BCUT2D eigenvalue weighted by atomic mass is 10.1. The maximum atomic E-state index is 9.51. The number of halogens is 1. The van der Waals surface area contributed by atoms with Gasteiger partial charge in [0.1, 0.15) is 0 Å². The molecule has 2 nitrogen and oxygen atoms in total. The Morgan fingerprint density at radius 2 is 2.07 bits per heavy atom. The van der Waals surface area contributed by atoms with E-state index in [1.165, 1.54) is 0 Å². The van der Waals surface area contributed by atoms with E-state index in [4.69, 9.17) is 11.6 Å². The van der Waals surface area contributed by atoms with Crippen molar-refractivity contribution in [2.24, 2.45) is 0 Å². The molecule has 0 aromatic heterocycles. The number of rotatable bonds is 3. The topological polar surface area (TPSA) is 32.3 Å². The van der Waals surface area contributed by atoms with Crippen LogP contribution in [0.15, 0.2) is 18.2 Å². The molecule has 1 aromatic rings. The van der Waals surface area contributed by atoms with Gasteiger partial charge in [-0.25, -0.2) is 0 Å². The second kappa shape index (κ2) is 4.20. The van der Waals surface area contributed by atoms with Crippen LogP contribution in [0.1, 0.15) is 19.4 Å². The van der Waals surface area contributed by atoms with Crippen molar-refractivity contribution in [2.75, 3.05) is 11.9 Å². The first kappa shape index (κ1) is 11.3. The molecule has 0 amide bonds. The number of hydrogen-bond acceptors (Lipinski definition) is 2. The molecule has 3 heteroatoms. The molecule has 78 valence electrons. The second-order valence-electron chi connectivity index (χ2n) is 4.13. The highest BCUT2D eigenvalue weighted by atomic mass is 35.5. The van der Waals surface area contributed by atoms with Gasteiger partial charge in [0.05, 0.1) is 5.60 Å². The highest BCUT2D eigenvalue weighted by Crippen LogP contribution is 2.20. The van der Waals surface area contributed by atoms with Crippen molar-refractivity contribution in [1.29, 1.82) is 0 Å². The summed E-state index contributed by atoms with van der Waals surface area (Å²) in [7, 11) is 0. The van der Waals surface area contributed by atoms with E-state index >= 15 is 0 Å². The third-order valence-electron chi connectivity index (χ3n) is 1.90. The molecule has 0 heterocycles. The molecular weight excluding hydrogens is 198 g/mol. The minimum Gasteiger partial charge on any atom is -0.389 e. The Morgan fingerprint density at radius 3 is 2.57 bits per heavy atom. The van der Waals surface area contributed by atoms with E-state index in [2.05, 4.69) is 5.32 Å². The Morgan fingerprint density at radius 1 is 1.43 bits per heavy atom. The molecule has 0 fully saturated rings. The first-order chi connectivity index (χ1) is 6.38. The molecule has 1 rings (SSSR count). The number of aryl methyl sites for hydroxylation is 1. The van der Waals surface area contributed by atoms with E-state index in [-0.39, 0.29) is 0 Å². The van der Waals surface area contributed by atoms with E-state index in [0.717, 1.165) is 16.3 Å². The Hall–Kier alpha value is -0.730. The third kappa shape index (κ3) is 3.56. The quantitative estimate of drug-likeness (QED) is 0.810. The van der Waals surface area contributed by atoms with Crippen LogP contribution in [0.5, 0.6) is 0 Å². The van der Waals surface area contributed by atoms with Gasteiger partial charge in [-0.15, -0.1) is 0 Å². The van der Waals surface area contributed by atoms with Crippen molar-refractivity contribution in [3.05, 3.63) is 28.8 Å². The molecule has 0 saturated heterocycles. The summed E-state index contributed by atoms with van der Waals surface area (Å²) >= 11 is 5.96. The van der Waals surface area contributed by atoms with Gasteiger partial charge in [0.25, 0.3) is 0 Å². The highest BCUT2D eigenvalue weighted by Gasteiger charge is 2.11. The zero-order valence-electron chi connectivity index (χ0n) is 8.76. The fourth-order valence-electron chi connectivity index (χ4n) is 1.02. The summed E-state index contributed by atoms with van der Waals surface area (Å²) < 4.78 is 0. The molecule has 0 aliphatic carbocycles. The summed E-state index contributed by atoms with van der Waals surface area (Å²) in [5.41, 5.74) is 1.28. The van der Waals surface area contributed by atoms with Crippen LogP contribution in [0.25, 0.3) is 0 Å². The fourth-order valence-corrected chi connectivity index (χ4v) is 1.20. The molecule has 14 heavy (non-hydrogen) atoms. The predicted octanol–water partition coefficient (Wildman–Crippen LogP) is 2.83. The van der Waals surface area contributed by atoms with Gasteiger partial charge in [0, 0.05) is 17.3 Å². The van der Waals surface area contributed by atoms with Crippen LogP contribution in [0, 0.1) is 6.92 Å². The van der Waals surface area contributed by atoms with Crippen molar-refractivity contribution >= 4 is 17.3 Å². The van der Waals surface area contributed by atoms with E-state index in [1.54, 1.807) is 13.8 Å². The van der Waals surface area contributed by atoms with Crippen molar-refractivity contribution in [1.82, 2.24) is 0 Å². The fraction of sp³-hybridized carbons (Fsp3) is 0.455. The number of aliphatic hydroxyl groups is 1. The smallest absolute Gasteiger partial charge is 0.0763 e. The average Bonchev–Trinajstić information content (AvgIpc) is 2.06. The summed E-state index contributed by atoms with van der Waals surface area (Å²) in [6, 6.07) is 5.77. The van der Waals surface area contributed by atoms with E-state index in [0.29, 0.717) is 6.54 Å². The molecule has 0 aliphatic heterocycles. The minimum absolute atomic E-state index is 0.506. The van der Waals surface area contributed by atoms with Crippen LogP contribution in [0.3, 0.4) is 0 Å². The minimum atomic E-state index is -0.711. The maximum Gasteiger partial charge on any atom is 0.0763 e. The average molecular weight is 214 g/mol. The summed E-state index contributed by atoms with van der Waals surface area (Å²) in [6.07, 6.45) is 0. The van der Waals surface area contributed by atoms with Gasteiger partial charge in [-0.3, -0.25) is 0 Å². The SMILES string of the molecule is Cc1ccc(NCC(C)(C)O)cc1Cl. The molecule has 0 bridgehead atoms. The highest BCUT2D eigenvalue weighted by molar-refractivity contribution is 6.31. The van der Waals surface area contributed by atoms with E-state index in [9.17, 15) is 5.11 Å². The van der Waals surface area contributed by atoms with E-state index < -0.39 is 5.60 Å². The maximum absolute atomic E-state index is 9.51. The lowest BCUT2D eigenvalue weighted by Gasteiger charge is -2.18. The summed E-state index contributed by atoms with van der Waals surface area (Å²) in [5.74, 6) is 0. The Balaban J connectivity index is 2.65. The second-order valence-corrected chi connectivity index (χ2v) is 4.54. The molecule has 0 atom stereocenters. The van der Waals surface area contributed by atoms with Crippen LogP contribution in [-0.4, -0.2) is 17.3 Å². The Labute approximate surface area is 89.9 Å². The molecular formula is C11H16ClNO. The molecule has 0 radical (unpaired) electrons. The molecule has 0 unspecified atom stereocenters. The van der Waals surface area contributed by atoms with Crippen LogP contribution < -0.4 is 5.32 Å². The van der Waals surface area contributed by atoms with Crippen LogP contribution in [0.4, 0.5) is 5.69 Å². The number of anilines is 1. The van der Waals surface area contributed by atoms with Gasteiger partial charge in [-0.1, -0.05) is 17.7 Å². The molecule has 0 saturated carbocycles. The van der Waals surface area contributed by atoms with Crippen molar-refractivity contribution in [2.45, 2.75) is 26.4 Å². The number of hydrogen-bond donors (Lipinski definition) is 2. The third-order valence-corrected chi connectivity index (χ3v) is 2.30. The zero-order chi connectivity index (χ0) is 10.8. The van der Waals surface area contributed by atoms with Crippen molar-refractivity contribution < 1.29 is 5.11 Å². The molecule has 2 N–H and O–H groups in total. The van der Waals surface area contributed by atoms with Crippen LogP contribution in [0.2, 0.25) is 5.02 Å². The van der Waals surface area contributed by atoms with Gasteiger partial charge < -0.3 is 10.4 Å². The van der Waals surface area contributed by atoms with Gasteiger partial charge in [-0.2, -0.15) is 0 Å². The predicted molar refractivity (Wildman–Crippen MR) is 61.0 cm³/mol. The lowest BCUT2D eigenvalue weighted by molar-refractivity contribution is 0.0945. The summed E-state index contributed by atoms with van der Waals surface area (Å²) in [6.45, 7) is 5.99. The Bertz CT molecular complexity index is 318. The van der Waals surface area contributed by atoms with Gasteiger partial charge in [0.15, 0.2) is 0 Å². The van der Waals surface area contributed by atoms with Crippen LogP contribution in [-0.2, 0) is 0 Å². The van der Waals surface area contributed by atoms with Crippen molar-refractivity contribution in [3.63, 3.8) is 0 Å². The lowest BCUT2D eigenvalue weighted by Crippen LogP contribution is -2.29. The van der Waals surface area contributed by atoms with Gasteiger partial charge in [-0.05, 0) is 38.5 Å².